The van der Waals surface area contributed by atoms with Gasteiger partial charge in [-0.2, -0.15) is 0 Å². The Kier molecular flexibility index (Phi) is 4.58. The highest BCUT2D eigenvalue weighted by Crippen LogP contribution is 2.23. The van der Waals surface area contributed by atoms with E-state index in [2.05, 4.69) is 17.2 Å². The molecular weight excluding hydrogens is 282 g/mol. The van der Waals surface area contributed by atoms with E-state index >= 15 is 0 Å². The number of carbonyl (C=O) groups excluding carboxylic acids is 1. The highest BCUT2D eigenvalue weighted by molar-refractivity contribution is 7.12. The summed E-state index contributed by atoms with van der Waals surface area (Å²) in [6.07, 6.45) is 0. The smallest absolute Gasteiger partial charge is 0.267 e. The maximum absolute atomic E-state index is 12.1. The summed E-state index contributed by atoms with van der Waals surface area (Å²) in [6, 6.07) is 8.77. The summed E-state index contributed by atoms with van der Waals surface area (Å²) in [5, 5.41) is 13.7. The largest absolute Gasteiger partial charge is 0.384 e. The number of benzene rings is 1. The van der Waals surface area contributed by atoms with Crippen LogP contribution in [-0.2, 0) is 0 Å². The van der Waals surface area contributed by atoms with E-state index in [1.54, 1.807) is 35.7 Å². The second kappa shape index (κ2) is 6.39. The molecular formula is C14H10ClNO2S. The summed E-state index contributed by atoms with van der Waals surface area (Å²) < 4.78 is 0. The van der Waals surface area contributed by atoms with Crippen molar-refractivity contribution in [2.45, 2.75) is 0 Å². The Hall–Kier alpha value is -1.80. The van der Waals surface area contributed by atoms with Gasteiger partial charge in [-0.05, 0) is 23.6 Å². The third-order valence-electron chi connectivity index (χ3n) is 2.30. The summed E-state index contributed by atoms with van der Waals surface area (Å²) in [4.78, 5) is 12.6. The quantitative estimate of drug-likeness (QED) is 0.836. The van der Waals surface area contributed by atoms with Crippen LogP contribution in [0.25, 0.3) is 0 Å². The van der Waals surface area contributed by atoms with Crippen LogP contribution in [0.4, 0.5) is 5.69 Å². The van der Waals surface area contributed by atoms with Gasteiger partial charge in [0.1, 0.15) is 11.5 Å². The van der Waals surface area contributed by atoms with Crippen LogP contribution >= 0.6 is 22.9 Å². The van der Waals surface area contributed by atoms with E-state index in [9.17, 15) is 4.79 Å². The Labute approximate surface area is 119 Å². The van der Waals surface area contributed by atoms with Crippen LogP contribution in [0.2, 0.25) is 5.02 Å². The lowest BCUT2D eigenvalue weighted by atomic mass is 10.2. The number of amides is 1. The van der Waals surface area contributed by atoms with Crippen LogP contribution in [0.1, 0.15) is 15.2 Å². The Bertz CT molecular complexity index is 655. The molecule has 2 rings (SSSR count). The molecule has 2 aromatic rings. The summed E-state index contributed by atoms with van der Waals surface area (Å²) in [6.45, 7) is -0.235. The molecule has 0 atom stereocenters. The van der Waals surface area contributed by atoms with Gasteiger partial charge in [0.15, 0.2) is 0 Å². The molecule has 1 amide bonds. The molecule has 19 heavy (non-hydrogen) atoms. The monoisotopic (exact) mass is 291 g/mol. The molecule has 0 aliphatic rings. The minimum atomic E-state index is -0.259. The fourth-order valence-electron chi connectivity index (χ4n) is 1.46. The van der Waals surface area contributed by atoms with Gasteiger partial charge in [0.25, 0.3) is 5.91 Å². The lowest BCUT2D eigenvalue weighted by Gasteiger charge is -2.05. The average Bonchev–Trinajstić information content (AvgIpc) is 2.87. The molecule has 5 heteroatoms. The molecule has 1 aromatic carbocycles. The molecule has 1 aromatic heterocycles. The number of hydrogen-bond acceptors (Lipinski definition) is 3. The molecule has 0 unspecified atom stereocenters. The van der Waals surface area contributed by atoms with Gasteiger partial charge in [-0.1, -0.05) is 35.6 Å². The van der Waals surface area contributed by atoms with E-state index in [-0.39, 0.29) is 12.5 Å². The highest BCUT2D eigenvalue weighted by Gasteiger charge is 2.13. The van der Waals surface area contributed by atoms with E-state index < -0.39 is 0 Å². The normalized spacial score (nSPS) is 9.58. The molecule has 0 aliphatic carbocycles. The first-order chi connectivity index (χ1) is 9.22. The van der Waals surface area contributed by atoms with Gasteiger partial charge in [-0.25, -0.2) is 0 Å². The van der Waals surface area contributed by atoms with Crippen LogP contribution in [0.15, 0.2) is 35.7 Å². The summed E-state index contributed by atoms with van der Waals surface area (Å²) in [7, 11) is 0. The van der Waals surface area contributed by atoms with Crippen molar-refractivity contribution >= 4 is 34.5 Å². The predicted molar refractivity (Wildman–Crippen MR) is 77.7 cm³/mol. The summed E-state index contributed by atoms with van der Waals surface area (Å²) in [5.41, 5.74) is 1.16. The molecule has 0 radical (unpaired) electrons. The first-order valence-corrected chi connectivity index (χ1v) is 6.71. The Morgan fingerprint density at radius 1 is 1.37 bits per heavy atom. The zero-order valence-corrected chi connectivity index (χ0v) is 11.4. The number of anilines is 1. The van der Waals surface area contributed by atoms with Gasteiger partial charge in [-0.15, -0.1) is 11.3 Å². The van der Waals surface area contributed by atoms with Crippen LogP contribution in [0, 0.1) is 11.8 Å². The van der Waals surface area contributed by atoms with Crippen molar-refractivity contribution in [1.29, 1.82) is 0 Å². The standard InChI is InChI=1S/C14H10ClNO2S/c15-11-5-1-2-6-12(11)16-14(18)13-10(4-3-8-17)7-9-19-13/h1-2,5-7,9,17H,8H2,(H,16,18). The number of nitrogens with one attached hydrogen (secondary N) is 1. The van der Waals surface area contributed by atoms with Gasteiger partial charge in [0.2, 0.25) is 0 Å². The first kappa shape index (κ1) is 13.6. The van der Waals surface area contributed by atoms with Gasteiger partial charge < -0.3 is 10.4 Å². The highest BCUT2D eigenvalue weighted by atomic mass is 35.5. The SMILES string of the molecule is O=C(Nc1ccccc1Cl)c1sccc1C#CCO. The Morgan fingerprint density at radius 2 is 2.16 bits per heavy atom. The fourth-order valence-corrected chi connectivity index (χ4v) is 2.39. The number of rotatable bonds is 2. The molecule has 2 N–H and O–H groups in total. The molecule has 96 valence electrons. The molecule has 0 fully saturated rings. The molecule has 3 nitrogen and oxygen atoms in total. The third kappa shape index (κ3) is 3.36. The van der Waals surface area contributed by atoms with Crippen molar-refractivity contribution in [3.8, 4) is 11.8 Å². The average molecular weight is 292 g/mol. The van der Waals surface area contributed by atoms with Gasteiger partial charge in [-0.3, -0.25) is 4.79 Å². The molecule has 0 saturated carbocycles. The second-order valence-corrected chi connectivity index (χ2v) is 4.88. The van der Waals surface area contributed by atoms with E-state index in [0.717, 1.165) is 0 Å². The van der Waals surface area contributed by atoms with Crippen LogP contribution < -0.4 is 5.32 Å². The van der Waals surface area contributed by atoms with Gasteiger partial charge >= 0.3 is 0 Å². The van der Waals surface area contributed by atoms with E-state index in [4.69, 9.17) is 16.7 Å². The lowest BCUT2D eigenvalue weighted by Crippen LogP contribution is -2.11. The van der Waals surface area contributed by atoms with Crippen molar-refractivity contribution in [2.75, 3.05) is 11.9 Å². The van der Waals surface area contributed by atoms with Crippen molar-refractivity contribution < 1.29 is 9.90 Å². The number of aliphatic hydroxyl groups excluding tert-OH is 1. The molecule has 0 spiro atoms. The zero-order chi connectivity index (χ0) is 13.7. The minimum Gasteiger partial charge on any atom is -0.384 e. The third-order valence-corrected chi connectivity index (χ3v) is 3.54. The first-order valence-electron chi connectivity index (χ1n) is 5.45. The van der Waals surface area contributed by atoms with Crippen LogP contribution in [-0.4, -0.2) is 17.6 Å². The molecule has 0 aliphatic heterocycles. The van der Waals surface area contributed by atoms with Gasteiger partial charge in [0.05, 0.1) is 10.7 Å². The minimum absolute atomic E-state index is 0.235. The number of thiophene rings is 1. The van der Waals surface area contributed by atoms with Crippen LogP contribution in [0.3, 0.4) is 0 Å². The maximum Gasteiger partial charge on any atom is 0.267 e. The maximum atomic E-state index is 12.1. The number of para-hydroxylation sites is 1. The van der Waals surface area contributed by atoms with Crippen molar-refractivity contribution in [3.05, 3.63) is 51.2 Å². The summed E-state index contributed by atoms with van der Waals surface area (Å²) >= 11 is 7.27. The van der Waals surface area contributed by atoms with Crippen molar-refractivity contribution in [3.63, 3.8) is 0 Å². The van der Waals surface area contributed by atoms with E-state index in [1.165, 1.54) is 11.3 Å². The zero-order valence-electron chi connectivity index (χ0n) is 9.81. The van der Waals surface area contributed by atoms with Gasteiger partial charge in [0, 0.05) is 5.56 Å². The number of halogens is 1. The summed E-state index contributed by atoms with van der Waals surface area (Å²) in [5.74, 6) is 5.01. The van der Waals surface area contributed by atoms with E-state index in [0.29, 0.717) is 21.2 Å². The molecule has 1 heterocycles. The molecule has 0 bridgehead atoms. The molecule has 0 saturated heterocycles. The Balaban J connectivity index is 2.22. The number of carbonyl (C=O) groups is 1. The van der Waals surface area contributed by atoms with E-state index in [1.807, 2.05) is 0 Å². The number of aliphatic hydroxyl groups is 1. The Morgan fingerprint density at radius 3 is 2.89 bits per heavy atom. The fraction of sp³-hybridized carbons (Fsp3) is 0.0714. The van der Waals surface area contributed by atoms with Crippen LogP contribution in [0.5, 0.6) is 0 Å². The number of hydrogen-bond donors (Lipinski definition) is 2. The second-order valence-electron chi connectivity index (χ2n) is 3.56. The van der Waals surface area contributed by atoms with Crippen molar-refractivity contribution in [2.24, 2.45) is 0 Å². The predicted octanol–water partition coefficient (Wildman–Crippen LogP) is 3.00. The van der Waals surface area contributed by atoms with Crippen molar-refractivity contribution in [1.82, 2.24) is 0 Å². The topological polar surface area (TPSA) is 49.3 Å². The lowest BCUT2D eigenvalue weighted by molar-refractivity contribution is 0.103.